The summed E-state index contributed by atoms with van der Waals surface area (Å²) in [5.41, 5.74) is 2.56. The predicted molar refractivity (Wildman–Crippen MR) is 162 cm³/mol. The summed E-state index contributed by atoms with van der Waals surface area (Å²) in [6.07, 6.45) is 2.31. The van der Waals surface area contributed by atoms with Gasteiger partial charge in [0.1, 0.15) is 11.5 Å². The molecule has 11 heteroatoms. The first-order valence-corrected chi connectivity index (χ1v) is 14.6. The van der Waals surface area contributed by atoms with Crippen LogP contribution in [0.4, 0.5) is 23.0 Å². The lowest BCUT2D eigenvalue weighted by Crippen LogP contribution is -2.39. The Bertz CT molecular complexity index is 1540. The molecular weight excluding hydrogens is 540 g/mol. The van der Waals surface area contributed by atoms with Gasteiger partial charge in [-0.15, -0.1) is 0 Å². The van der Waals surface area contributed by atoms with Gasteiger partial charge in [-0.3, -0.25) is 14.4 Å². The number of rotatable bonds is 10. The number of methoxy groups -OCH3 is 2. The molecule has 41 heavy (non-hydrogen) atoms. The standard InChI is InChI=1S/C30H34N6O4S/c1-20-8-7-13-36(18-20)19-28(37)31-21-9-6-10-25(16-21)41(38)35-30-29(33-26-11-4-5-12-27(26)34-30)32-22-14-23(39-2)17-24(15-22)40-3/h4-6,9-12,14-17,20H,7-8,13,18-19H2,1-3H3,(H,31,37)(H,32,33)(H,34,35). The summed E-state index contributed by atoms with van der Waals surface area (Å²) >= 11 is 0. The molecule has 0 bridgehead atoms. The number of hydrogen-bond donors (Lipinski definition) is 3. The van der Waals surface area contributed by atoms with Crippen LogP contribution in [0.15, 0.2) is 71.6 Å². The second-order valence-corrected chi connectivity index (χ2v) is 11.3. The van der Waals surface area contributed by atoms with E-state index in [-0.39, 0.29) is 5.91 Å². The number of anilines is 4. The van der Waals surface area contributed by atoms with E-state index in [0.29, 0.717) is 62.9 Å². The van der Waals surface area contributed by atoms with Gasteiger partial charge in [-0.05, 0) is 55.6 Å². The second kappa shape index (κ2) is 13.0. The number of benzene rings is 3. The average molecular weight is 575 g/mol. The van der Waals surface area contributed by atoms with Gasteiger partial charge >= 0.3 is 0 Å². The monoisotopic (exact) mass is 574 g/mol. The summed E-state index contributed by atoms with van der Waals surface area (Å²) in [5.74, 6) is 2.40. The van der Waals surface area contributed by atoms with Crippen molar-refractivity contribution in [2.75, 3.05) is 49.2 Å². The molecule has 0 saturated carbocycles. The van der Waals surface area contributed by atoms with Crippen molar-refractivity contribution in [2.24, 2.45) is 5.92 Å². The van der Waals surface area contributed by atoms with Gasteiger partial charge in [-0.1, -0.05) is 25.1 Å². The number of fused-ring (bicyclic) bond motifs is 1. The van der Waals surface area contributed by atoms with E-state index in [0.717, 1.165) is 19.5 Å². The number of likely N-dealkylation sites (tertiary alicyclic amines) is 1. The first-order valence-electron chi connectivity index (χ1n) is 13.5. The molecule has 10 nitrogen and oxygen atoms in total. The predicted octanol–water partition coefficient (Wildman–Crippen LogP) is 5.20. The fourth-order valence-corrected chi connectivity index (χ4v) is 5.72. The molecule has 1 amide bonds. The number of para-hydroxylation sites is 2. The van der Waals surface area contributed by atoms with Gasteiger partial charge in [0.05, 0.1) is 36.7 Å². The Morgan fingerprint density at radius 3 is 2.34 bits per heavy atom. The minimum absolute atomic E-state index is 0.0874. The van der Waals surface area contributed by atoms with E-state index in [1.54, 1.807) is 56.7 Å². The molecule has 0 aliphatic carbocycles. The van der Waals surface area contributed by atoms with Gasteiger partial charge in [0.25, 0.3) is 0 Å². The molecule has 0 spiro atoms. The molecule has 1 aliphatic heterocycles. The second-order valence-electron chi connectivity index (χ2n) is 10.1. The quantitative estimate of drug-likeness (QED) is 0.237. The number of nitrogens with one attached hydrogen (secondary N) is 3. The van der Waals surface area contributed by atoms with Gasteiger partial charge in [-0.2, -0.15) is 0 Å². The molecule has 1 aromatic heterocycles. The zero-order valence-corrected chi connectivity index (χ0v) is 24.2. The zero-order chi connectivity index (χ0) is 28.8. The Morgan fingerprint density at radius 2 is 1.66 bits per heavy atom. The minimum atomic E-state index is -1.70. The highest BCUT2D eigenvalue weighted by Gasteiger charge is 2.19. The van der Waals surface area contributed by atoms with Crippen LogP contribution in [0.5, 0.6) is 11.5 Å². The Labute approximate surface area is 242 Å². The van der Waals surface area contributed by atoms with Crippen LogP contribution in [0.2, 0.25) is 0 Å². The highest BCUT2D eigenvalue weighted by molar-refractivity contribution is 7.86. The molecule has 4 aromatic rings. The molecule has 0 radical (unpaired) electrons. The number of ether oxygens (including phenoxy) is 2. The largest absolute Gasteiger partial charge is 0.497 e. The third kappa shape index (κ3) is 7.30. The van der Waals surface area contributed by atoms with Crippen LogP contribution in [0.3, 0.4) is 0 Å². The first kappa shape index (κ1) is 28.3. The summed E-state index contributed by atoms with van der Waals surface area (Å²) in [5, 5.41) is 6.20. The van der Waals surface area contributed by atoms with Crippen LogP contribution < -0.4 is 24.8 Å². The molecule has 1 saturated heterocycles. The summed E-state index contributed by atoms with van der Waals surface area (Å²) in [7, 11) is 1.46. The SMILES string of the molecule is COc1cc(Nc2nc3ccccc3nc2NS(=O)c2cccc(NC(=O)CN3CCCC(C)C3)c2)cc(OC)c1. The van der Waals surface area contributed by atoms with Crippen molar-refractivity contribution in [3.05, 3.63) is 66.7 Å². The van der Waals surface area contributed by atoms with E-state index in [9.17, 15) is 9.00 Å². The maximum atomic E-state index is 13.5. The fourth-order valence-electron chi connectivity index (χ4n) is 4.84. The summed E-state index contributed by atoms with van der Waals surface area (Å²) < 4.78 is 27.3. The fraction of sp³-hybridized carbons (Fsp3) is 0.300. The van der Waals surface area contributed by atoms with E-state index < -0.39 is 11.0 Å². The number of nitrogens with zero attached hydrogens (tertiary/aromatic N) is 3. The topological polar surface area (TPSA) is 118 Å². The van der Waals surface area contributed by atoms with Gasteiger partial charge in [0.2, 0.25) is 5.91 Å². The molecule has 3 N–H and O–H groups in total. The number of hydrogen-bond acceptors (Lipinski definition) is 8. The highest BCUT2D eigenvalue weighted by Crippen LogP contribution is 2.31. The number of carbonyl (C=O) groups excluding carboxylic acids is 1. The summed E-state index contributed by atoms with van der Waals surface area (Å²) in [4.78, 5) is 24.8. The number of piperidine rings is 1. The van der Waals surface area contributed by atoms with Gasteiger partial charge in [0.15, 0.2) is 22.6 Å². The van der Waals surface area contributed by atoms with Crippen molar-refractivity contribution in [1.82, 2.24) is 14.9 Å². The maximum Gasteiger partial charge on any atom is 0.238 e. The van der Waals surface area contributed by atoms with Crippen molar-refractivity contribution >= 4 is 50.9 Å². The van der Waals surface area contributed by atoms with Crippen LogP contribution in [0, 0.1) is 5.92 Å². The molecule has 2 unspecified atom stereocenters. The van der Waals surface area contributed by atoms with E-state index in [2.05, 4.69) is 27.2 Å². The Hall–Kier alpha value is -4.22. The van der Waals surface area contributed by atoms with Crippen molar-refractivity contribution in [3.63, 3.8) is 0 Å². The molecule has 1 fully saturated rings. The van der Waals surface area contributed by atoms with Crippen LogP contribution in [-0.4, -0.2) is 58.8 Å². The Morgan fingerprint density at radius 1 is 0.951 bits per heavy atom. The van der Waals surface area contributed by atoms with E-state index in [1.165, 1.54) is 6.42 Å². The number of aromatic nitrogens is 2. The molecule has 5 rings (SSSR count). The average Bonchev–Trinajstić information content (AvgIpc) is 2.97. The lowest BCUT2D eigenvalue weighted by molar-refractivity contribution is -0.117. The Kier molecular flexibility index (Phi) is 8.95. The lowest BCUT2D eigenvalue weighted by Gasteiger charge is -2.30. The first-order chi connectivity index (χ1) is 19.9. The molecule has 214 valence electrons. The molecule has 2 atom stereocenters. The van der Waals surface area contributed by atoms with E-state index in [1.807, 2.05) is 24.3 Å². The van der Waals surface area contributed by atoms with Crippen LogP contribution in [0.1, 0.15) is 19.8 Å². The van der Waals surface area contributed by atoms with Crippen molar-refractivity contribution in [1.29, 1.82) is 0 Å². The van der Waals surface area contributed by atoms with E-state index >= 15 is 0 Å². The molecule has 1 aliphatic rings. The van der Waals surface area contributed by atoms with Gasteiger partial charge in [0, 0.05) is 36.1 Å². The lowest BCUT2D eigenvalue weighted by atomic mass is 10.0. The summed E-state index contributed by atoms with van der Waals surface area (Å²) in [6, 6.07) is 19.8. The molecule has 2 heterocycles. The zero-order valence-electron chi connectivity index (χ0n) is 23.3. The molecular formula is C30H34N6O4S. The summed E-state index contributed by atoms with van der Waals surface area (Å²) in [6.45, 7) is 4.40. The van der Waals surface area contributed by atoms with Crippen LogP contribution >= 0.6 is 0 Å². The third-order valence-corrected chi connectivity index (χ3v) is 7.88. The normalized spacial score (nSPS) is 16.1. The number of amides is 1. The van der Waals surface area contributed by atoms with Crippen molar-refractivity contribution in [2.45, 2.75) is 24.7 Å². The molecule has 3 aromatic carbocycles. The van der Waals surface area contributed by atoms with Crippen LogP contribution in [0.25, 0.3) is 11.0 Å². The number of carbonyl (C=O) groups is 1. The highest BCUT2D eigenvalue weighted by atomic mass is 32.2. The smallest absolute Gasteiger partial charge is 0.238 e. The van der Waals surface area contributed by atoms with E-state index in [4.69, 9.17) is 19.4 Å². The van der Waals surface area contributed by atoms with Crippen molar-refractivity contribution in [3.8, 4) is 11.5 Å². The van der Waals surface area contributed by atoms with Gasteiger partial charge in [-0.25, -0.2) is 14.2 Å². The minimum Gasteiger partial charge on any atom is -0.497 e. The Balaban J connectivity index is 1.35. The maximum absolute atomic E-state index is 13.5. The van der Waals surface area contributed by atoms with Crippen molar-refractivity contribution < 1.29 is 18.5 Å². The van der Waals surface area contributed by atoms with Gasteiger partial charge < -0.3 is 20.1 Å². The van der Waals surface area contributed by atoms with Crippen LogP contribution in [-0.2, 0) is 15.8 Å². The third-order valence-electron chi connectivity index (χ3n) is 6.81.